The van der Waals surface area contributed by atoms with E-state index >= 15 is 0 Å². The maximum atomic E-state index is 13.8. The Morgan fingerprint density at radius 3 is 2.89 bits per heavy atom. The number of nitrogens with two attached hydrogens (primary N) is 1. The molecule has 1 saturated heterocycles. The monoisotopic (exact) mass is 642 g/mol. The quantitative estimate of drug-likeness (QED) is 0.0619. The number of aromatic amines is 2. The predicted octanol–water partition coefficient (Wildman–Crippen LogP) is -0.512. The number of amidine groups is 1. The second kappa shape index (κ2) is 11.9. The minimum absolute atomic E-state index is 0.0173. The maximum absolute atomic E-state index is 13.8. The van der Waals surface area contributed by atoms with Crippen LogP contribution in [0.25, 0.3) is 10.9 Å². The van der Waals surface area contributed by atoms with Crippen molar-refractivity contribution in [2.45, 2.75) is 50.0 Å². The summed E-state index contributed by atoms with van der Waals surface area (Å²) in [4.78, 5) is 36.8. The lowest BCUT2D eigenvalue weighted by atomic mass is 10.1. The summed E-state index contributed by atoms with van der Waals surface area (Å²) >= 11 is 1.32. The van der Waals surface area contributed by atoms with Gasteiger partial charge in [0.05, 0.1) is 18.3 Å². The summed E-state index contributed by atoms with van der Waals surface area (Å²) in [5.74, 6) is -0.579. The molecule has 0 saturated carbocycles. The van der Waals surface area contributed by atoms with Gasteiger partial charge in [0.15, 0.2) is 16.7 Å². The number of carbonyl (C=O) groups excluding carboxylic acids is 2. The number of H-pyrrole nitrogens is 2. The molecule has 1 fully saturated rings. The number of hydrogen-bond acceptors (Lipinski definition) is 12. The van der Waals surface area contributed by atoms with Crippen molar-refractivity contribution < 1.29 is 23.2 Å². The molecule has 2 amide bonds. The van der Waals surface area contributed by atoms with Crippen molar-refractivity contribution in [2.24, 2.45) is 10.9 Å². The van der Waals surface area contributed by atoms with Gasteiger partial charge in [-0.05, 0) is 19.1 Å². The number of nitrogens with one attached hydrogen (secondary N) is 4. The average molecular weight is 643 g/mol. The highest BCUT2D eigenvalue weighted by molar-refractivity contribution is 7.89. The zero-order valence-electron chi connectivity index (χ0n) is 23.5. The van der Waals surface area contributed by atoms with Gasteiger partial charge >= 0.3 is 0 Å². The number of nitrogens with zero attached hydrogens (tertiary/aromatic N) is 7. The van der Waals surface area contributed by atoms with Crippen LogP contribution in [0.15, 0.2) is 34.4 Å². The van der Waals surface area contributed by atoms with Gasteiger partial charge in [-0.1, -0.05) is 22.5 Å². The van der Waals surface area contributed by atoms with Gasteiger partial charge in [-0.2, -0.15) is 9.52 Å². The molecule has 6 rings (SSSR count). The molecule has 19 heteroatoms. The normalized spacial score (nSPS) is 19.7. The third-order valence-corrected chi connectivity index (χ3v) is 10.5. The summed E-state index contributed by atoms with van der Waals surface area (Å²) in [5, 5.41) is 32.3. The van der Waals surface area contributed by atoms with Gasteiger partial charge in [0, 0.05) is 66.4 Å². The summed E-state index contributed by atoms with van der Waals surface area (Å²) in [6, 6.07) is 5.83. The average Bonchev–Trinajstić information content (AvgIpc) is 3.78. The summed E-state index contributed by atoms with van der Waals surface area (Å²) in [6.07, 6.45) is 0.549. The molecule has 0 bridgehead atoms. The van der Waals surface area contributed by atoms with Gasteiger partial charge in [0.25, 0.3) is 15.9 Å². The van der Waals surface area contributed by atoms with Gasteiger partial charge in [-0.3, -0.25) is 9.59 Å². The van der Waals surface area contributed by atoms with E-state index in [-0.39, 0.29) is 61.2 Å². The Morgan fingerprint density at radius 2 is 2.11 bits per heavy atom. The smallest absolute Gasteiger partial charge is 0.283 e. The van der Waals surface area contributed by atoms with Crippen LogP contribution in [0.3, 0.4) is 0 Å². The van der Waals surface area contributed by atoms with Gasteiger partial charge in [-0.25, -0.2) is 13.4 Å². The van der Waals surface area contributed by atoms with Crippen LogP contribution >= 0.6 is 11.3 Å². The number of fused-ring (bicyclic) bond motifs is 2. The second-order valence-electron chi connectivity index (χ2n) is 10.6. The van der Waals surface area contributed by atoms with Crippen molar-refractivity contribution in [1.29, 1.82) is 0 Å². The van der Waals surface area contributed by atoms with Gasteiger partial charge in [0.2, 0.25) is 5.91 Å². The van der Waals surface area contributed by atoms with Crippen LogP contribution in [0.1, 0.15) is 45.1 Å². The van der Waals surface area contributed by atoms with Crippen molar-refractivity contribution in [3.63, 3.8) is 0 Å². The molecular weight excluding hydrogens is 612 g/mol. The molecule has 2 aliphatic rings. The van der Waals surface area contributed by atoms with Crippen LogP contribution in [-0.2, 0) is 34.3 Å². The number of rotatable bonds is 8. The van der Waals surface area contributed by atoms with E-state index in [9.17, 15) is 18.0 Å². The van der Waals surface area contributed by atoms with Gasteiger partial charge < -0.3 is 31.5 Å². The molecule has 2 unspecified atom stereocenters. The van der Waals surface area contributed by atoms with E-state index in [1.807, 2.05) is 0 Å². The third kappa shape index (κ3) is 5.85. The van der Waals surface area contributed by atoms with E-state index < -0.39 is 22.0 Å². The lowest BCUT2D eigenvalue weighted by Gasteiger charge is -2.40. The highest BCUT2D eigenvalue weighted by atomic mass is 32.2. The first-order chi connectivity index (χ1) is 21.1. The molecule has 4 aromatic rings. The number of oxime groups is 1. The molecule has 7 N–H and O–H groups in total. The molecule has 44 heavy (non-hydrogen) atoms. The minimum atomic E-state index is -4.06. The molecule has 2 atom stereocenters. The zero-order chi connectivity index (χ0) is 31.0. The number of carbonyl (C=O) groups is 2. The largest absolute Gasteiger partial charge is 0.409 e. The fourth-order valence-corrected chi connectivity index (χ4v) is 7.81. The minimum Gasteiger partial charge on any atom is -0.409 e. The SMILES string of the molecule is CC1Cc2nc(C(=O)N3CCN(S(=O)(=O)c4cc5ccc(C(N)=NO)cc5[nH]4)CC3CC(=O)NCc3nn[nH]n3)sc2CN1. The Hall–Kier alpha value is -4.46. The Bertz CT molecular complexity index is 1830. The predicted molar refractivity (Wildman–Crippen MR) is 157 cm³/mol. The van der Waals surface area contributed by atoms with Crippen LogP contribution in [0.5, 0.6) is 0 Å². The van der Waals surface area contributed by atoms with Gasteiger partial charge in [0.1, 0.15) is 5.03 Å². The van der Waals surface area contributed by atoms with Crippen molar-refractivity contribution >= 4 is 49.9 Å². The molecule has 0 spiro atoms. The zero-order valence-corrected chi connectivity index (χ0v) is 25.2. The number of hydrogen-bond donors (Lipinski definition) is 6. The summed E-state index contributed by atoms with van der Waals surface area (Å²) in [6.45, 7) is 2.67. The van der Waals surface area contributed by atoms with Crippen molar-refractivity contribution in [3.8, 4) is 0 Å². The van der Waals surface area contributed by atoms with Crippen molar-refractivity contribution in [2.75, 3.05) is 19.6 Å². The lowest BCUT2D eigenvalue weighted by Crippen LogP contribution is -2.57. The number of aromatic nitrogens is 6. The molecule has 3 aromatic heterocycles. The maximum Gasteiger partial charge on any atom is 0.283 e. The fraction of sp³-hybridized carbons (Fsp3) is 0.400. The van der Waals surface area contributed by atoms with E-state index in [1.54, 1.807) is 18.2 Å². The Balaban J connectivity index is 1.25. The van der Waals surface area contributed by atoms with Crippen molar-refractivity contribution in [1.82, 2.24) is 50.4 Å². The molecule has 0 radical (unpaired) electrons. The molecule has 5 heterocycles. The van der Waals surface area contributed by atoms with Crippen LogP contribution in [0, 0.1) is 0 Å². The number of benzene rings is 1. The summed E-state index contributed by atoms with van der Waals surface area (Å²) < 4.78 is 28.9. The number of piperazine rings is 1. The Kier molecular flexibility index (Phi) is 8.01. The first-order valence-corrected chi connectivity index (χ1v) is 16.0. The molecule has 232 valence electrons. The van der Waals surface area contributed by atoms with E-state index in [0.717, 1.165) is 10.6 Å². The number of tetrazole rings is 1. The van der Waals surface area contributed by atoms with E-state index in [0.29, 0.717) is 34.4 Å². The number of amides is 2. The molecule has 1 aromatic carbocycles. The topological polar surface area (TPSA) is 241 Å². The van der Waals surface area contributed by atoms with E-state index in [2.05, 4.69) is 53.3 Å². The second-order valence-corrected chi connectivity index (χ2v) is 13.6. The first-order valence-electron chi connectivity index (χ1n) is 13.7. The Morgan fingerprint density at radius 1 is 1.27 bits per heavy atom. The third-order valence-electron chi connectivity index (χ3n) is 7.65. The standard InChI is InChI=1S/C25H30N12O5S2/c1-13-6-18-19(10-27-13)43-24(30-18)25(39)37-5-4-36(12-16(37)9-21(38)28-11-20-31-34-35-32-20)44(41,42)22-8-14-2-3-15(23(26)33-40)7-17(14)29-22/h2-3,7-8,13,16,27,29,40H,4-6,9-12H2,1H3,(H2,26,33)(H,28,38)(H,31,32,34,35). The van der Waals surface area contributed by atoms with Crippen LogP contribution in [-0.4, -0.2) is 103 Å². The molecular formula is C25H30N12O5S2. The number of sulfonamides is 1. The summed E-state index contributed by atoms with van der Waals surface area (Å²) in [5.41, 5.74) is 7.47. The Labute approximate surface area is 254 Å². The van der Waals surface area contributed by atoms with Crippen LogP contribution in [0.2, 0.25) is 0 Å². The van der Waals surface area contributed by atoms with E-state index in [1.165, 1.54) is 26.6 Å². The number of thiazole rings is 1. The summed E-state index contributed by atoms with van der Waals surface area (Å²) in [7, 11) is -4.06. The highest BCUT2D eigenvalue weighted by Crippen LogP contribution is 2.29. The highest BCUT2D eigenvalue weighted by Gasteiger charge is 2.39. The van der Waals surface area contributed by atoms with Crippen LogP contribution in [0.4, 0.5) is 0 Å². The van der Waals surface area contributed by atoms with Crippen molar-refractivity contribution in [3.05, 3.63) is 51.2 Å². The molecule has 2 aliphatic heterocycles. The molecule has 0 aliphatic carbocycles. The molecule has 17 nitrogen and oxygen atoms in total. The fourth-order valence-electron chi connectivity index (χ4n) is 5.33. The van der Waals surface area contributed by atoms with Crippen LogP contribution < -0.4 is 16.4 Å². The first kappa shape index (κ1) is 29.6. The van der Waals surface area contributed by atoms with E-state index in [4.69, 9.17) is 10.9 Å². The lowest BCUT2D eigenvalue weighted by molar-refractivity contribution is -0.122. The van der Waals surface area contributed by atoms with Gasteiger partial charge in [-0.15, -0.1) is 21.5 Å².